The van der Waals surface area contributed by atoms with Gasteiger partial charge < -0.3 is 13.3 Å². The maximum absolute atomic E-state index is 5.33. The molecule has 0 bridgehead atoms. The monoisotopic (exact) mass is 244 g/mol. The minimum atomic E-state index is -2.44. The molecule has 0 aliphatic rings. The maximum Gasteiger partial charge on any atom is 0.510 e. The summed E-state index contributed by atoms with van der Waals surface area (Å²) in [4.78, 5) is 1.19. The van der Waals surface area contributed by atoms with Crippen LogP contribution >= 0.6 is 11.8 Å². The first-order chi connectivity index (χ1) is 7.26. The predicted octanol–water partition coefficient (Wildman–Crippen LogP) is 2.20. The van der Waals surface area contributed by atoms with Gasteiger partial charge in [-0.15, -0.1) is 11.8 Å². The lowest BCUT2D eigenvalue weighted by Crippen LogP contribution is -2.46. The van der Waals surface area contributed by atoms with Crippen molar-refractivity contribution in [2.24, 2.45) is 0 Å². The lowest BCUT2D eigenvalue weighted by molar-refractivity contribution is 0.130. The van der Waals surface area contributed by atoms with Crippen molar-refractivity contribution >= 4 is 20.6 Å². The Bertz CT molecular complexity index is 269. The van der Waals surface area contributed by atoms with Crippen LogP contribution in [0.4, 0.5) is 0 Å². The van der Waals surface area contributed by atoms with Gasteiger partial charge in [0, 0.05) is 26.2 Å². The zero-order chi connectivity index (χ0) is 11.1. The Balaban J connectivity index is 2.54. The van der Waals surface area contributed by atoms with Gasteiger partial charge in [-0.2, -0.15) is 0 Å². The van der Waals surface area contributed by atoms with Crippen molar-refractivity contribution in [3.63, 3.8) is 0 Å². The lowest BCUT2D eigenvalue weighted by atomic mass is 10.4. The summed E-state index contributed by atoms with van der Waals surface area (Å²) >= 11 is 1.69. The highest BCUT2D eigenvalue weighted by Crippen LogP contribution is 2.22. The van der Waals surface area contributed by atoms with E-state index in [-0.39, 0.29) is 0 Å². The first kappa shape index (κ1) is 12.7. The third-order valence-electron chi connectivity index (χ3n) is 2.09. The molecule has 0 amide bonds. The minimum absolute atomic E-state index is 0.723. The molecule has 3 nitrogen and oxygen atoms in total. The van der Waals surface area contributed by atoms with Crippen LogP contribution in [0.25, 0.3) is 0 Å². The third kappa shape index (κ3) is 3.62. The van der Waals surface area contributed by atoms with Gasteiger partial charge in [0.15, 0.2) is 0 Å². The maximum atomic E-state index is 5.33. The van der Waals surface area contributed by atoms with E-state index in [2.05, 4.69) is 12.1 Å². The van der Waals surface area contributed by atoms with E-state index in [0.29, 0.717) is 0 Å². The molecule has 0 unspecified atom stereocenters. The third-order valence-corrected chi connectivity index (χ3v) is 6.55. The van der Waals surface area contributed by atoms with Gasteiger partial charge in [-0.05, 0) is 12.1 Å². The fraction of sp³-hybridized carbons (Fsp3) is 0.400. The summed E-state index contributed by atoms with van der Waals surface area (Å²) in [5.41, 5.74) is 0. The SMILES string of the molecule is CO[Si](CSc1ccccc1)(OC)OC. The van der Waals surface area contributed by atoms with E-state index in [4.69, 9.17) is 13.3 Å². The van der Waals surface area contributed by atoms with Crippen LogP contribution in [0.5, 0.6) is 0 Å². The van der Waals surface area contributed by atoms with Crippen molar-refractivity contribution in [3.8, 4) is 0 Å². The molecule has 15 heavy (non-hydrogen) atoms. The molecular weight excluding hydrogens is 228 g/mol. The second-order valence-electron chi connectivity index (χ2n) is 2.90. The molecule has 1 aromatic rings. The molecular formula is C10H16O3SSi. The highest BCUT2D eigenvalue weighted by atomic mass is 32.2. The Hall–Kier alpha value is -0.333. The molecule has 5 heteroatoms. The molecule has 0 atom stereocenters. The highest BCUT2D eigenvalue weighted by Gasteiger charge is 2.37. The van der Waals surface area contributed by atoms with Crippen molar-refractivity contribution < 1.29 is 13.3 Å². The second kappa shape index (κ2) is 6.29. The highest BCUT2D eigenvalue weighted by molar-refractivity contribution is 8.00. The first-order valence-corrected chi connectivity index (χ1v) is 7.51. The Morgan fingerprint density at radius 3 is 2.00 bits per heavy atom. The molecule has 0 aromatic heterocycles. The van der Waals surface area contributed by atoms with E-state index >= 15 is 0 Å². The Kier molecular flexibility index (Phi) is 5.34. The van der Waals surface area contributed by atoms with Gasteiger partial charge >= 0.3 is 8.80 Å². The molecule has 0 aliphatic heterocycles. The van der Waals surface area contributed by atoms with Crippen LogP contribution in [0.1, 0.15) is 0 Å². The average Bonchev–Trinajstić information content (AvgIpc) is 2.33. The quantitative estimate of drug-likeness (QED) is 0.566. The van der Waals surface area contributed by atoms with Crippen LogP contribution in [0.2, 0.25) is 0 Å². The van der Waals surface area contributed by atoms with Gasteiger partial charge in [-0.25, -0.2) is 0 Å². The predicted molar refractivity (Wildman–Crippen MR) is 63.9 cm³/mol. The summed E-state index contributed by atoms with van der Waals surface area (Å²) in [6.45, 7) is 0. The van der Waals surface area contributed by atoms with Crippen LogP contribution in [0.15, 0.2) is 35.2 Å². The van der Waals surface area contributed by atoms with Crippen molar-refractivity contribution in [2.45, 2.75) is 4.90 Å². The summed E-state index contributed by atoms with van der Waals surface area (Å²) in [6, 6.07) is 10.1. The normalized spacial score (nSPS) is 11.7. The number of benzene rings is 1. The van der Waals surface area contributed by atoms with Crippen LogP contribution in [-0.2, 0) is 13.3 Å². The fourth-order valence-electron chi connectivity index (χ4n) is 1.12. The fourth-order valence-corrected chi connectivity index (χ4v) is 4.75. The van der Waals surface area contributed by atoms with Gasteiger partial charge in [0.25, 0.3) is 0 Å². The molecule has 0 fully saturated rings. The van der Waals surface area contributed by atoms with E-state index in [1.165, 1.54) is 4.90 Å². The Labute approximate surface area is 96.1 Å². The smallest absolute Gasteiger partial charge is 0.376 e. The average molecular weight is 244 g/mol. The zero-order valence-electron chi connectivity index (χ0n) is 9.23. The van der Waals surface area contributed by atoms with E-state index < -0.39 is 8.80 Å². The van der Waals surface area contributed by atoms with Crippen molar-refractivity contribution in [1.29, 1.82) is 0 Å². The lowest BCUT2D eigenvalue weighted by Gasteiger charge is -2.23. The van der Waals surface area contributed by atoms with Crippen molar-refractivity contribution in [1.82, 2.24) is 0 Å². The molecule has 0 spiro atoms. The van der Waals surface area contributed by atoms with Crippen LogP contribution in [-0.4, -0.2) is 35.5 Å². The van der Waals surface area contributed by atoms with Crippen molar-refractivity contribution in [3.05, 3.63) is 30.3 Å². The topological polar surface area (TPSA) is 27.7 Å². The summed E-state index contributed by atoms with van der Waals surface area (Å²) in [7, 11) is 2.45. The van der Waals surface area contributed by atoms with Crippen molar-refractivity contribution in [2.75, 3.05) is 26.7 Å². The van der Waals surface area contributed by atoms with Crippen LogP contribution in [0.3, 0.4) is 0 Å². The van der Waals surface area contributed by atoms with Gasteiger partial charge in [-0.1, -0.05) is 18.2 Å². The largest absolute Gasteiger partial charge is 0.510 e. The summed E-state index contributed by atoms with van der Waals surface area (Å²) in [5.74, 6) is 0. The molecule has 0 heterocycles. The molecule has 84 valence electrons. The molecule has 0 radical (unpaired) electrons. The number of hydrogen-bond acceptors (Lipinski definition) is 4. The number of thioether (sulfide) groups is 1. The Morgan fingerprint density at radius 2 is 1.53 bits per heavy atom. The first-order valence-electron chi connectivity index (χ1n) is 4.59. The van der Waals surface area contributed by atoms with Gasteiger partial charge in [-0.3, -0.25) is 0 Å². The molecule has 0 N–H and O–H groups in total. The molecule has 1 rings (SSSR count). The minimum Gasteiger partial charge on any atom is -0.376 e. The van der Waals surface area contributed by atoms with Crippen LogP contribution in [0, 0.1) is 0 Å². The van der Waals surface area contributed by atoms with Gasteiger partial charge in [0.05, 0.1) is 5.38 Å². The van der Waals surface area contributed by atoms with Crippen LogP contribution < -0.4 is 0 Å². The van der Waals surface area contributed by atoms with Gasteiger partial charge in [0.1, 0.15) is 0 Å². The Morgan fingerprint density at radius 1 is 1.00 bits per heavy atom. The number of hydrogen-bond donors (Lipinski definition) is 0. The van der Waals surface area contributed by atoms with Gasteiger partial charge in [0.2, 0.25) is 0 Å². The van der Waals surface area contributed by atoms with E-state index in [1.54, 1.807) is 33.1 Å². The molecule has 1 aromatic carbocycles. The molecule has 0 aliphatic carbocycles. The number of rotatable bonds is 6. The molecule has 0 saturated heterocycles. The second-order valence-corrected chi connectivity index (χ2v) is 7.40. The van der Waals surface area contributed by atoms with E-state index in [9.17, 15) is 0 Å². The summed E-state index contributed by atoms with van der Waals surface area (Å²) < 4.78 is 16.0. The zero-order valence-corrected chi connectivity index (χ0v) is 11.0. The van der Waals surface area contributed by atoms with E-state index in [0.717, 1.165) is 5.38 Å². The summed E-state index contributed by atoms with van der Waals surface area (Å²) in [6.07, 6.45) is 0. The summed E-state index contributed by atoms with van der Waals surface area (Å²) in [5, 5.41) is 0.723. The standard InChI is InChI=1S/C10H16O3SSi/c1-11-15(12-2,13-3)9-14-10-7-5-4-6-8-10/h4-8H,9H2,1-3H3. The van der Waals surface area contributed by atoms with E-state index in [1.807, 2.05) is 18.2 Å². The molecule has 0 saturated carbocycles.